The monoisotopic (exact) mass is 428 g/mol. The molecular weight excluding hydrogens is 409 g/mol. The summed E-state index contributed by atoms with van der Waals surface area (Å²) in [5.41, 5.74) is -1.11. The van der Waals surface area contributed by atoms with Crippen molar-refractivity contribution < 1.29 is 27.1 Å². The van der Waals surface area contributed by atoms with E-state index in [1.165, 1.54) is 24.3 Å². The number of hydrogen-bond donors (Lipinski definition) is 0. The largest absolute Gasteiger partial charge is 0.493 e. The van der Waals surface area contributed by atoms with Crippen LogP contribution in [-0.4, -0.2) is 6.61 Å². The van der Waals surface area contributed by atoms with Crippen LogP contribution in [-0.2, 0) is 6.18 Å². The van der Waals surface area contributed by atoms with Crippen LogP contribution in [0.2, 0.25) is 0 Å². The second-order valence-corrected chi connectivity index (χ2v) is 7.06. The minimum absolute atomic E-state index is 0.0216. The minimum atomic E-state index is -4.92. The van der Waals surface area contributed by atoms with Crippen molar-refractivity contribution >= 4 is 21.7 Å². The topological polar surface area (TPSA) is 48.7 Å². The molecule has 7 heteroatoms. The van der Waals surface area contributed by atoms with Crippen molar-refractivity contribution in [3.8, 4) is 17.2 Å². The molecule has 0 aliphatic carbocycles. The van der Waals surface area contributed by atoms with Crippen LogP contribution >= 0.6 is 0 Å². The summed E-state index contributed by atoms with van der Waals surface area (Å²) in [5.74, 6) is -1.94. The van der Waals surface area contributed by atoms with E-state index in [9.17, 15) is 18.0 Å². The van der Waals surface area contributed by atoms with Crippen LogP contribution in [0, 0.1) is 0 Å². The second-order valence-electron chi connectivity index (χ2n) is 7.06. The van der Waals surface area contributed by atoms with Crippen LogP contribution in [0.15, 0.2) is 69.9 Å². The first kappa shape index (κ1) is 20.8. The predicted molar refractivity (Wildman–Crippen MR) is 112 cm³/mol. The van der Waals surface area contributed by atoms with Crippen LogP contribution in [0.1, 0.15) is 25.5 Å². The van der Waals surface area contributed by atoms with E-state index in [0.717, 1.165) is 23.6 Å². The van der Waals surface area contributed by atoms with E-state index in [1.54, 1.807) is 24.3 Å². The molecule has 0 atom stereocenters. The van der Waals surface area contributed by atoms with Crippen molar-refractivity contribution in [1.82, 2.24) is 0 Å². The lowest BCUT2D eigenvalue weighted by Gasteiger charge is -2.14. The molecule has 0 spiro atoms. The van der Waals surface area contributed by atoms with Gasteiger partial charge in [-0.25, -0.2) is 0 Å². The summed E-state index contributed by atoms with van der Waals surface area (Å²) in [7, 11) is 0. The smallest absolute Gasteiger partial charge is 0.453 e. The molecule has 3 aromatic carbocycles. The van der Waals surface area contributed by atoms with E-state index >= 15 is 0 Å². The van der Waals surface area contributed by atoms with Gasteiger partial charge in [0.05, 0.1) is 12.0 Å². The van der Waals surface area contributed by atoms with Crippen molar-refractivity contribution in [1.29, 1.82) is 0 Å². The number of alkyl halides is 3. The summed E-state index contributed by atoms with van der Waals surface area (Å²) >= 11 is 0. The first-order chi connectivity index (χ1) is 14.9. The highest BCUT2D eigenvalue weighted by Crippen LogP contribution is 2.39. The summed E-state index contributed by atoms with van der Waals surface area (Å²) in [6.07, 6.45) is -3.21. The molecule has 0 N–H and O–H groups in total. The molecule has 4 aromatic rings. The highest BCUT2D eigenvalue weighted by Gasteiger charge is 2.40. The molecule has 160 valence electrons. The Morgan fingerprint density at radius 3 is 2.42 bits per heavy atom. The standard InChI is InChI=1S/C24H19F3O4/c1-2-3-12-29-17-10-11-19-20(14-17)31-23(24(25,26)27)22(21(19)28)30-18-9-8-15-6-4-5-7-16(15)13-18/h4-11,13-14H,2-3,12H2,1H3. The molecule has 0 unspecified atom stereocenters. The van der Waals surface area contributed by atoms with Gasteiger partial charge in [0.1, 0.15) is 17.1 Å². The van der Waals surface area contributed by atoms with E-state index in [4.69, 9.17) is 13.9 Å². The van der Waals surface area contributed by atoms with Gasteiger partial charge in [-0.05, 0) is 41.5 Å². The van der Waals surface area contributed by atoms with Gasteiger partial charge in [-0.1, -0.05) is 43.7 Å². The van der Waals surface area contributed by atoms with Gasteiger partial charge < -0.3 is 13.9 Å². The summed E-state index contributed by atoms with van der Waals surface area (Å²) in [6, 6.07) is 16.3. The molecule has 0 radical (unpaired) electrons. The molecular formula is C24H19F3O4. The Kier molecular flexibility index (Phi) is 5.59. The van der Waals surface area contributed by atoms with E-state index in [0.29, 0.717) is 12.4 Å². The molecule has 31 heavy (non-hydrogen) atoms. The van der Waals surface area contributed by atoms with Gasteiger partial charge in [0.25, 0.3) is 5.76 Å². The molecule has 0 aliphatic rings. The third kappa shape index (κ3) is 4.35. The number of ether oxygens (including phenoxy) is 2. The number of halogens is 3. The lowest BCUT2D eigenvalue weighted by Crippen LogP contribution is -2.15. The van der Waals surface area contributed by atoms with Gasteiger partial charge in [0.15, 0.2) is 0 Å². The summed E-state index contributed by atoms with van der Waals surface area (Å²) < 4.78 is 57.2. The Morgan fingerprint density at radius 2 is 1.68 bits per heavy atom. The van der Waals surface area contributed by atoms with E-state index < -0.39 is 23.1 Å². The van der Waals surface area contributed by atoms with Crippen molar-refractivity contribution in [3.63, 3.8) is 0 Å². The Balaban J connectivity index is 1.80. The van der Waals surface area contributed by atoms with Crippen LogP contribution in [0.3, 0.4) is 0 Å². The van der Waals surface area contributed by atoms with Gasteiger partial charge in [-0.2, -0.15) is 13.2 Å². The number of benzene rings is 3. The zero-order chi connectivity index (χ0) is 22.0. The van der Waals surface area contributed by atoms with Gasteiger partial charge in [-0.15, -0.1) is 0 Å². The second kappa shape index (κ2) is 8.34. The summed E-state index contributed by atoms with van der Waals surface area (Å²) in [4.78, 5) is 12.9. The summed E-state index contributed by atoms with van der Waals surface area (Å²) in [5, 5.41) is 1.64. The number of unbranched alkanes of at least 4 members (excludes halogenated alkanes) is 1. The van der Waals surface area contributed by atoms with Gasteiger partial charge in [0.2, 0.25) is 11.2 Å². The molecule has 0 bridgehead atoms. The maximum absolute atomic E-state index is 13.7. The maximum Gasteiger partial charge on any atom is 0.453 e. The molecule has 4 nitrogen and oxygen atoms in total. The lowest BCUT2D eigenvalue weighted by atomic mass is 10.1. The molecule has 0 saturated heterocycles. The Labute approximate surface area is 175 Å². The third-order valence-electron chi connectivity index (χ3n) is 4.79. The van der Waals surface area contributed by atoms with Crippen molar-refractivity contribution in [2.24, 2.45) is 0 Å². The van der Waals surface area contributed by atoms with Gasteiger partial charge >= 0.3 is 6.18 Å². The zero-order valence-electron chi connectivity index (χ0n) is 16.7. The van der Waals surface area contributed by atoms with Gasteiger partial charge in [-0.3, -0.25) is 4.79 Å². The molecule has 0 aliphatic heterocycles. The quantitative estimate of drug-likeness (QED) is 0.312. The minimum Gasteiger partial charge on any atom is -0.493 e. The number of fused-ring (bicyclic) bond motifs is 2. The molecule has 0 fully saturated rings. The fourth-order valence-electron chi connectivity index (χ4n) is 3.21. The molecule has 0 saturated carbocycles. The predicted octanol–water partition coefficient (Wildman–Crippen LogP) is 6.94. The lowest BCUT2D eigenvalue weighted by molar-refractivity contribution is -0.154. The highest BCUT2D eigenvalue weighted by molar-refractivity contribution is 5.84. The fourth-order valence-corrected chi connectivity index (χ4v) is 3.21. The number of hydrogen-bond acceptors (Lipinski definition) is 4. The Morgan fingerprint density at radius 1 is 0.935 bits per heavy atom. The van der Waals surface area contributed by atoms with Crippen molar-refractivity contribution in [2.45, 2.75) is 25.9 Å². The molecule has 1 heterocycles. The van der Waals surface area contributed by atoms with Crippen LogP contribution in [0.25, 0.3) is 21.7 Å². The average Bonchev–Trinajstić information content (AvgIpc) is 2.75. The number of rotatable bonds is 6. The first-order valence-corrected chi connectivity index (χ1v) is 9.84. The van der Waals surface area contributed by atoms with E-state index in [1.807, 2.05) is 19.1 Å². The fraction of sp³-hybridized carbons (Fsp3) is 0.208. The molecule has 0 amide bonds. The van der Waals surface area contributed by atoms with Gasteiger partial charge in [0, 0.05) is 6.07 Å². The first-order valence-electron chi connectivity index (χ1n) is 9.84. The van der Waals surface area contributed by atoms with Crippen LogP contribution in [0.4, 0.5) is 13.2 Å². The Hall–Kier alpha value is -3.48. The van der Waals surface area contributed by atoms with E-state index in [-0.39, 0.29) is 16.7 Å². The average molecular weight is 428 g/mol. The van der Waals surface area contributed by atoms with Crippen molar-refractivity contribution in [2.75, 3.05) is 6.61 Å². The van der Waals surface area contributed by atoms with Crippen LogP contribution < -0.4 is 14.9 Å². The molecule has 4 rings (SSSR count). The normalized spacial score (nSPS) is 11.7. The van der Waals surface area contributed by atoms with Crippen LogP contribution in [0.5, 0.6) is 17.2 Å². The molecule has 1 aromatic heterocycles. The highest BCUT2D eigenvalue weighted by atomic mass is 19.4. The SMILES string of the molecule is CCCCOc1ccc2c(=O)c(Oc3ccc4ccccc4c3)c(C(F)(F)F)oc2c1. The summed E-state index contributed by atoms with van der Waals surface area (Å²) in [6.45, 7) is 2.41. The van der Waals surface area contributed by atoms with Crippen molar-refractivity contribution in [3.05, 3.63) is 76.6 Å². The Bertz CT molecular complexity index is 1290. The third-order valence-corrected chi connectivity index (χ3v) is 4.79. The van der Waals surface area contributed by atoms with E-state index in [2.05, 4.69) is 0 Å². The zero-order valence-corrected chi connectivity index (χ0v) is 16.7. The maximum atomic E-state index is 13.7.